The molecule has 1 aromatic rings. The van der Waals surface area contributed by atoms with Crippen LogP contribution in [-0.2, 0) is 0 Å². The molecular formula is C16H22N2O. The van der Waals surface area contributed by atoms with Crippen LogP contribution in [0.15, 0.2) is 26.8 Å². The Balaban J connectivity index is 1.81. The molecule has 3 nitrogen and oxygen atoms in total. The van der Waals surface area contributed by atoms with E-state index >= 15 is 0 Å². The summed E-state index contributed by atoms with van der Waals surface area (Å²) in [4.78, 5) is 0. The fraction of sp³-hybridized carbons (Fsp3) is 0.625. The summed E-state index contributed by atoms with van der Waals surface area (Å²) in [5, 5.41) is 8.74. The van der Waals surface area contributed by atoms with Crippen molar-refractivity contribution in [2.45, 2.75) is 47.0 Å². The molecule has 2 aliphatic carbocycles. The van der Waals surface area contributed by atoms with Gasteiger partial charge in [0.1, 0.15) is 11.5 Å². The molecule has 0 amide bonds. The molecule has 2 atom stereocenters. The van der Waals surface area contributed by atoms with Crippen LogP contribution in [0.3, 0.4) is 0 Å². The summed E-state index contributed by atoms with van der Waals surface area (Å²) in [5.74, 6) is 2.45. The predicted octanol–water partition coefficient (Wildman–Crippen LogP) is 4.21. The third-order valence-corrected chi connectivity index (χ3v) is 5.64. The van der Waals surface area contributed by atoms with E-state index in [1.807, 2.05) is 19.1 Å². The fourth-order valence-corrected chi connectivity index (χ4v) is 3.76. The third-order valence-electron chi connectivity index (χ3n) is 5.64. The molecule has 2 aliphatic rings. The van der Waals surface area contributed by atoms with E-state index in [9.17, 15) is 0 Å². The Morgan fingerprint density at radius 3 is 2.63 bits per heavy atom. The van der Waals surface area contributed by atoms with E-state index in [-0.39, 0.29) is 5.41 Å². The molecule has 19 heavy (non-hydrogen) atoms. The number of aryl methyl sites for hydroxylation is 1. The van der Waals surface area contributed by atoms with Gasteiger partial charge in [-0.2, -0.15) is 10.2 Å². The van der Waals surface area contributed by atoms with Gasteiger partial charge in [0.2, 0.25) is 0 Å². The maximum atomic E-state index is 5.46. The minimum absolute atomic E-state index is 0.230. The third kappa shape index (κ3) is 1.78. The Labute approximate surface area is 114 Å². The van der Waals surface area contributed by atoms with E-state index in [0.717, 1.165) is 23.9 Å². The van der Waals surface area contributed by atoms with E-state index in [4.69, 9.17) is 4.42 Å². The summed E-state index contributed by atoms with van der Waals surface area (Å²) >= 11 is 0. The normalized spacial score (nSPS) is 34.7. The smallest absolute Gasteiger partial charge is 0.147 e. The number of nitrogens with zero attached hydrogens (tertiary/aromatic N) is 2. The highest BCUT2D eigenvalue weighted by molar-refractivity contribution is 5.94. The average molecular weight is 258 g/mol. The van der Waals surface area contributed by atoms with Gasteiger partial charge in [-0.3, -0.25) is 0 Å². The summed E-state index contributed by atoms with van der Waals surface area (Å²) in [5.41, 5.74) is 1.87. The van der Waals surface area contributed by atoms with E-state index in [0.29, 0.717) is 5.41 Å². The van der Waals surface area contributed by atoms with Gasteiger partial charge < -0.3 is 4.42 Å². The fourth-order valence-electron chi connectivity index (χ4n) is 3.76. The minimum atomic E-state index is 0.230. The van der Waals surface area contributed by atoms with Crippen LogP contribution in [0.5, 0.6) is 0 Å². The Morgan fingerprint density at radius 2 is 2.11 bits per heavy atom. The van der Waals surface area contributed by atoms with Crippen molar-refractivity contribution in [3.63, 3.8) is 0 Å². The van der Waals surface area contributed by atoms with E-state index in [2.05, 4.69) is 31.0 Å². The second kappa shape index (κ2) is 4.06. The zero-order valence-corrected chi connectivity index (χ0v) is 12.2. The molecule has 2 fully saturated rings. The van der Waals surface area contributed by atoms with Crippen LogP contribution in [0, 0.1) is 23.7 Å². The predicted molar refractivity (Wildman–Crippen MR) is 77.7 cm³/mol. The SMILES string of the molecule is Cc1ccc(C=NN=C2CC3CCC2(C)C3(C)C)o1. The highest BCUT2D eigenvalue weighted by Gasteiger charge is 2.59. The molecule has 0 radical (unpaired) electrons. The first kappa shape index (κ1) is 12.6. The van der Waals surface area contributed by atoms with Crippen molar-refractivity contribution in [1.82, 2.24) is 0 Å². The van der Waals surface area contributed by atoms with E-state index in [1.54, 1.807) is 6.21 Å². The van der Waals surface area contributed by atoms with Gasteiger partial charge in [0, 0.05) is 11.1 Å². The molecule has 1 heterocycles. The summed E-state index contributed by atoms with van der Waals surface area (Å²) in [6, 6.07) is 3.86. The molecule has 2 saturated carbocycles. The summed E-state index contributed by atoms with van der Waals surface area (Å²) in [7, 11) is 0. The average Bonchev–Trinajstić information content (AvgIpc) is 2.90. The van der Waals surface area contributed by atoms with Gasteiger partial charge in [-0.15, -0.1) is 0 Å². The first-order chi connectivity index (χ1) is 8.93. The van der Waals surface area contributed by atoms with Gasteiger partial charge in [-0.1, -0.05) is 20.8 Å². The zero-order valence-electron chi connectivity index (χ0n) is 12.2. The molecule has 0 spiro atoms. The summed E-state index contributed by atoms with van der Waals surface area (Å²) in [6.07, 6.45) is 5.41. The number of fused-ring (bicyclic) bond motifs is 2. The molecule has 0 aromatic carbocycles. The Kier molecular flexibility index (Phi) is 2.70. The lowest BCUT2D eigenvalue weighted by molar-refractivity contribution is 0.194. The van der Waals surface area contributed by atoms with Crippen LogP contribution >= 0.6 is 0 Å². The summed E-state index contributed by atoms with van der Waals surface area (Å²) in [6.45, 7) is 9.05. The van der Waals surface area contributed by atoms with Gasteiger partial charge in [-0.25, -0.2) is 0 Å². The van der Waals surface area contributed by atoms with Crippen molar-refractivity contribution < 1.29 is 4.42 Å². The van der Waals surface area contributed by atoms with Crippen molar-refractivity contribution >= 4 is 11.9 Å². The molecule has 102 valence electrons. The van der Waals surface area contributed by atoms with Crippen LogP contribution < -0.4 is 0 Å². The molecule has 1 aromatic heterocycles. The second-order valence-corrected chi connectivity index (χ2v) is 6.73. The number of hydrogen-bond donors (Lipinski definition) is 0. The Bertz CT molecular complexity index is 553. The largest absolute Gasteiger partial charge is 0.460 e. The monoisotopic (exact) mass is 258 g/mol. The van der Waals surface area contributed by atoms with Crippen molar-refractivity contribution in [2.24, 2.45) is 27.0 Å². The highest BCUT2D eigenvalue weighted by atomic mass is 16.3. The second-order valence-electron chi connectivity index (χ2n) is 6.73. The zero-order chi connectivity index (χ0) is 13.7. The number of furan rings is 1. The number of rotatable bonds is 2. The van der Waals surface area contributed by atoms with Crippen LogP contribution in [0.2, 0.25) is 0 Å². The standard InChI is InChI=1S/C16H22N2O/c1-11-5-6-13(19-11)10-17-18-14-9-12-7-8-16(14,4)15(12,2)3/h5-6,10,12H,7-9H2,1-4H3. The maximum Gasteiger partial charge on any atom is 0.147 e. The van der Waals surface area contributed by atoms with Crippen LogP contribution in [0.25, 0.3) is 0 Å². The van der Waals surface area contributed by atoms with Crippen LogP contribution in [-0.4, -0.2) is 11.9 Å². The quantitative estimate of drug-likeness (QED) is 0.578. The molecular weight excluding hydrogens is 236 g/mol. The van der Waals surface area contributed by atoms with Gasteiger partial charge in [-0.05, 0) is 49.7 Å². The van der Waals surface area contributed by atoms with Crippen LogP contribution in [0.4, 0.5) is 0 Å². The topological polar surface area (TPSA) is 37.9 Å². The van der Waals surface area contributed by atoms with Gasteiger partial charge >= 0.3 is 0 Å². The molecule has 2 unspecified atom stereocenters. The first-order valence-corrected chi connectivity index (χ1v) is 7.10. The van der Waals surface area contributed by atoms with Crippen molar-refractivity contribution in [3.8, 4) is 0 Å². The lowest BCUT2D eigenvalue weighted by atomic mass is 9.70. The van der Waals surface area contributed by atoms with Gasteiger partial charge in [0.05, 0.1) is 6.21 Å². The molecule has 0 aliphatic heterocycles. The van der Waals surface area contributed by atoms with Gasteiger partial charge in [0.15, 0.2) is 0 Å². The first-order valence-electron chi connectivity index (χ1n) is 7.10. The lowest BCUT2D eigenvalue weighted by Gasteiger charge is -2.34. The molecule has 0 N–H and O–H groups in total. The van der Waals surface area contributed by atoms with E-state index < -0.39 is 0 Å². The van der Waals surface area contributed by atoms with Crippen molar-refractivity contribution in [1.29, 1.82) is 0 Å². The molecule has 0 saturated heterocycles. The Morgan fingerprint density at radius 1 is 1.32 bits per heavy atom. The lowest BCUT2D eigenvalue weighted by Crippen LogP contribution is -2.32. The van der Waals surface area contributed by atoms with Crippen molar-refractivity contribution in [3.05, 3.63) is 23.7 Å². The molecule has 2 bridgehead atoms. The number of hydrogen-bond acceptors (Lipinski definition) is 3. The highest BCUT2D eigenvalue weighted by Crippen LogP contribution is 2.63. The van der Waals surface area contributed by atoms with Gasteiger partial charge in [0.25, 0.3) is 0 Å². The summed E-state index contributed by atoms with van der Waals surface area (Å²) < 4.78 is 5.46. The van der Waals surface area contributed by atoms with E-state index in [1.165, 1.54) is 18.6 Å². The molecule has 3 rings (SSSR count). The molecule has 3 heteroatoms. The Hall–Kier alpha value is -1.38. The van der Waals surface area contributed by atoms with Crippen molar-refractivity contribution in [2.75, 3.05) is 0 Å². The maximum absolute atomic E-state index is 5.46. The van der Waals surface area contributed by atoms with Crippen LogP contribution in [0.1, 0.15) is 51.6 Å². The minimum Gasteiger partial charge on any atom is -0.460 e.